The molecule has 182 valence electrons. The average molecular weight is 470 g/mol. The Morgan fingerprint density at radius 3 is 2.38 bits per heavy atom. The number of carbonyl (C=O) groups is 2. The fourth-order valence-electron chi connectivity index (χ4n) is 4.34. The largest absolute Gasteiger partial charge is 0.507 e. The van der Waals surface area contributed by atoms with E-state index >= 15 is 0 Å². The third-order valence-corrected chi connectivity index (χ3v) is 6.03. The molecule has 0 saturated carbocycles. The molecule has 1 atom stereocenters. The lowest BCUT2D eigenvalue weighted by Crippen LogP contribution is -3.05. The number of likely N-dealkylation sites (tertiary alicyclic amines) is 1. The van der Waals surface area contributed by atoms with E-state index < -0.39 is 17.7 Å². The molecule has 0 aliphatic carbocycles. The highest BCUT2D eigenvalue weighted by atomic mass is 16.5. The Bertz CT molecular complexity index is 1110. The number of methoxy groups -OCH3 is 3. The van der Waals surface area contributed by atoms with Crippen LogP contribution in [0.2, 0.25) is 0 Å². The minimum atomic E-state index is -0.816. The van der Waals surface area contributed by atoms with Gasteiger partial charge in [0.15, 0.2) is 11.5 Å². The second-order valence-electron chi connectivity index (χ2n) is 8.57. The minimum Gasteiger partial charge on any atom is -0.507 e. The minimum absolute atomic E-state index is 0.0296. The summed E-state index contributed by atoms with van der Waals surface area (Å²) in [5.74, 6) is -0.0709. The van der Waals surface area contributed by atoms with Gasteiger partial charge in [-0.05, 0) is 36.8 Å². The van der Waals surface area contributed by atoms with Crippen molar-refractivity contribution in [1.29, 1.82) is 0 Å². The molecule has 2 aromatic rings. The summed E-state index contributed by atoms with van der Waals surface area (Å²) in [6.45, 7) is 3.00. The number of hydrogen-bond donors (Lipinski definition) is 2. The lowest BCUT2D eigenvalue weighted by Gasteiger charge is -2.27. The Morgan fingerprint density at radius 1 is 1.06 bits per heavy atom. The summed E-state index contributed by atoms with van der Waals surface area (Å²) in [5.41, 5.74) is 1.78. The Kier molecular flexibility index (Phi) is 7.83. The molecule has 1 aliphatic rings. The fraction of sp³-hybridized carbons (Fsp3) is 0.385. The number of benzene rings is 2. The van der Waals surface area contributed by atoms with Crippen LogP contribution in [0.4, 0.5) is 0 Å². The summed E-state index contributed by atoms with van der Waals surface area (Å²) < 4.78 is 16.3. The van der Waals surface area contributed by atoms with Gasteiger partial charge in [-0.1, -0.05) is 12.1 Å². The monoisotopic (exact) mass is 469 g/mol. The summed E-state index contributed by atoms with van der Waals surface area (Å²) >= 11 is 0. The Balaban J connectivity index is 2.22. The molecular weight excluding hydrogens is 436 g/mol. The van der Waals surface area contributed by atoms with Crippen LogP contribution < -0.4 is 19.1 Å². The van der Waals surface area contributed by atoms with E-state index in [1.54, 1.807) is 43.5 Å². The van der Waals surface area contributed by atoms with Crippen LogP contribution in [0.1, 0.15) is 29.2 Å². The molecule has 1 aliphatic heterocycles. The van der Waals surface area contributed by atoms with Crippen LogP contribution in [-0.4, -0.2) is 70.2 Å². The van der Waals surface area contributed by atoms with E-state index in [-0.39, 0.29) is 11.3 Å². The molecule has 34 heavy (non-hydrogen) atoms. The van der Waals surface area contributed by atoms with E-state index in [9.17, 15) is 14.7 Å². The summed E-state index contributed by atoms with van der Waals surface area (Å²) in [6, 6.07) is 9.66. The van der Waals surface area contributed by atoms with Crippen molar-refractivity contribution in [2.75, 3.05) is 48.5 Å². The number of aryl methyl sites for hydroxylation is 1. The van der Waals surface area contributed by atoms with Gasteiger partial charge in [-0.15, -0.1) is 0 Å². The average Bonchev–Trinajstić information content (AvgIpc) is 3.07. The van der Waals surface area contributed by atoms with Crippen LogP contribution in [0.5, 0.6) is 17.2 Å². The summed E-state index contributed by atoms with van der Waals surface area (Å²) in [4.78, 5) is 29.2. The van der Waals surface area contributed by atoms with E-state index in [2.05, 4.69) is 0 Å². The topological polar surface area (TPSA) is 89.7 Å². The van der Waals surface area contributed by atoms with Crippen molar-refractivity contribution in [3.63, 3.8) is 0 Å². The number of Topliss-reactive ketones (excluding diaryl/α,β-unsaturated/α-hetero) is 1. The molecule has 1 saturated heterocycles. The molecule has 1 fully saturated rings. The van der Waals surface area contributed by atoms with Crippen molar-refractivity contribution >= 4 is 17.4 Å². The van der Waals surface area contributed by atoms with Crippen LogP contribution >= 0.6 is 0 Å². The van der Waals surface area contributed by atoms with Gasteiger partial charge in [-0.2, -0.15) is 0 Å². The smallest absolute Gasteiger partial charge is 0.295 e. The zero-order valence-electron chi connectivity index (χ0n) is 20.6. The molecule has 0 aromatic heterocycles. The van der Waals surface area contributed by atoms with Crippen molar-refractivity contribution in [1.82, 2.24) is 4.90 Å². The number of amides is 1. The first kappa shape index (κ1) is 25.1. The quantitative estimate of drug-likeness (QED) is 0.332. The zero-order valence-corrected chi connectivity index (χ0v) is 20.6. The van der Waals surface area contributed by atoms with Crippen molar-refractivity contribution in [3.05, 3.63) is 58.7 Å². The molecular formula is C26H33N2O6+. The number of ether oxygens (including phenoxy) is 3. The lowest BCUT2D eigenvalue weighted by atomic mass is 9.93. The van der Waals surface area contributed by atoms with E-state index in [0.717, 1.165) is 12.1 Å². The number of quaternary nitrogens is 1. The van der Waals surface area contributed by atoms with E-state index in [1.807, 2.05) is 21.0 Å². The maximum absolute atomic E-state index is 13.3. The normalized spacial score (nSPS) is 17.4. The number of hydrogen-bond acceptors (Lipinski definition) is 6. The van der Waals surface area contributed by atoms with Gasteiger partial charge in [-0.25, -0.2) is 0 Å². The van der Waals surface area contributed by atoms with Gasteiger partial charge >= 0.3 is 0 Å². The first-order valence-electron chi connectivity index (χ1n) is 11.2. The number of carbonyl (C=O) groups excluding carboxylic acids is 2. The van der Waals surface area contributed by atoms with Crippen LogP contribution in [0, 0.1) is 6.92 Å². The molecule has 0 bridgehead atoms. The predicted molar refractivity (Wildman–Crippen MR) is 129 cm³/mol. The van der Waals surface area contributed by atoms with Gasteiger partial charge in [0.25, 0.3) is 11.7 Å². The van der Waals surface area contributed by atoms with Crippen molar-refractivity contribution in [3.8, 4) is 17.2 Å². The molecule has 8 nitrogen and oxygen atoms in total. The second-order valence-corrected chi connectivity index (χ2v) is 8.57. The van der Waals surface area contributed by atoms with Crippen molar-refractivity contribution in [2.24, 2.45) is 0 Å². The number of nitrogens with zero attached hydrogens (tertiary/aromatic N) is 1. The van der Waals surface area contributed by atoms with Gasteiger partial charge < -0.3 is 29.1 Å². The molecule has 1 heterocycles. The van der Waals surface area contributed by atoms with Gasteiger partial charge in [0, 0.05) is 24.1 Å². The van der Waals surface area contributed by atoms with Crippen LogP contribution in [0.25, 0.3) is 5.76 Å². The van der Waals surface area contributed by atoms with Crippen LogP contribution in [0.15, 0.2) is 42.0 Å². The Labute approximate surface area is 200 Å². The Hall–Kier alpha value is -3.52. The van der Waals surface area contributed by atoms with Gasteiger partial charge in [-0.3, -0.25) is 9.59 Å². The van der Waals surface area contributed by atoms with Crippen molar-refractivity contribution < 1.29 is 33.8 Å². The highest BCUT2D eigenvalue weighted by molar-refractivity contribution is 6.46. The van der Waals surface area contributed by atoms with Gasteiger partial charge in [0.1, 0.15) is 11.5 Å². The second kappa shape index (κ2) is 10.6. The number of para-hydroxylation sites is 1. The molecule has 1 amide bonds. The molecule has 3 rings (SSSR count). The summed E-state index contributed by atoms with van der Waals surface area (Å²) in [7, 11) is 8.66. The highest BCUT2D eigenvalue weighted by Crippen LogP contribution is 2.45. The molecule has 1 unspecified atom stereocenters. The predicted octanol–water partition coefficient (Wildman–Crippen LogP) is 1.98. The number of nitrogens with one attached hydrogen (secondary N) is 1. The van der Waals surface area contributed by atoms with Crippen molar-refractivity contribution in [2.45, 2.75) is 19.4 Å². The number of aliphatic hydroxyl groups excluding tert-OH is 1. The molecule has 0 radical (unpaired) electrons. The summed E-state index contributed by atoms with van der Waals surface area (Å²) in [5, 5.41) is 11.4. The maximum Gasteiger partial charge on any atom is 0.295 e. The van der Waals surface area contributed by atoms with Gasteiger partial charge in [0.2, 0.25) is 0 Å². The van der Waals surface area contributed by atoms with Crippen LogP contribution in [0.3, 0.4) is 0 Å². The first-order chi connectivity index (χ1) is 16.2. The first-order valence-corrected chi connectivity index (χ1v) is 11.2. The number of aliphatic hydroxyl groups is 1. The molecule has 0 spiro atoms. The standard InChI is InChI=1S/C26H32N2O6/c1-16-15-17(32-4)11-12-18(16)23(29)21-22(19-9-7-10-20(33-5)25(19)34-6)28(26(31)24(21)30)14-8-13-27(2)3/h7,9-12,15,22,29H,8,13-14H2,1-6H3/p+1. The third kappa shape index (κ3) is 4.72. The van der Waals surface area contributed by atoms with Crippen LogP contribution in [-0.2, 0) is 9.59 Å². The molecule has 8 heteroatoms. The maximum atomic E-state index is 13.3. The summed E-state index contributed by atoms with van der Waals surface area (Å²) in [6.07, 6.45) is 0.694. The van der Waals surface area contributed by atoms with Gasteiger partial charge in [0.05, 0.1) is 53.6 Å². The van der Waals surface area contributed by atoms with E-state index in [0.29, 0.717) is 41.3 Å². The molecule has 2 aromatic carbocycles. The number of rotatable bonds is 9. The fourth-order valence-corrected chi connectivity index (χ4v) is 4.34. The third-order valence-electron chi connectivity index (χ3n) is 6.03. The highest BCUT2D eigenvalue weighted by Gasteiger charge is 2.47. The zero-order chi connectivity index (χ0) is 25.0. The Morgan fingerprint density at radius 2 is 1.79 bits per heavy atom. The van der Waals surface area contributed by atoms with E-state index in [1.165, 1.54) is 24.0 Å². The lowest BCUT2D eigenvalue weighted by molar-refractivity contribution is -0.858. The SMILES string of the molecule is COc1ccc(C(O)=C2C(=O)C(=O)N(CCC[NH+](C)C)C2c2cccc(OC)c2OC)c(C)c1. The molecule has 2 N–H and O–H groups in total. The number of ketones is 1. The van der Waals surface area contributed by atoms with E-state index in [4.69, 9.17) is 14.2 Å².